The minimum absolute atomic E-state index is 0.00930. The zero-order valence-corrected chi connectivity index (χ0v) is 14.7. The van der Waals surface area contributed by atoms with Crippen LogP contribution >= 0.6 is 0 Å². The smallest absolute Gasteiger partial charge is 0.228 e. The Morgan fingerprint density at radius 3 is 2.69 bits per heavy atom. The summed E-state index contributed by atoms with van der Waals surface area (Å²) in [6, 6.07) is 5.77. The predicted octanol–water partition coefficient (Wildman–Crippen LogP) is 1.35. The number of nitrogens with zero attached hydrogens (tertiary/aromatic N) is 4. The maximum Gasteiger partial charge on any atom is 0.228 e. The molecule has 1 N–H and O–H groups in total. The number of nitrogens with one attached hydrogen (secondary N) is 1. The third-order valence-electron chi connectivity index (χ3n) is 4.46. The molecule has 2 saturated heterocycles. The first-order valence-corrected chi connectivity index (χ1v) is 8.92. The van der Waals surface area contributed by atoms with Gasteiger partial charge in [-0.3, -0.25) is 4.98 Å². The zero-order valence-electron chi connectivity index (χ0n) is 14.7. The molecule has 0 radical (unpaired) electrons. The summed E-state index contributed by atoms with van der Waals surface area (Å²) in [7, 11) is 0. The van der Waals surface area contributed by atoms with Crippen molar-refractivity contribution < 1.29 is 14.2 Å². The Bertz CT molecular complexity index is 701. The number of ether oxygens (including phenoxy) is 3. The van der Waals surface area contributed by atoms with E-state index in [1.165, 1.54) is 0 Å². The third-order valence-corrected chi connectivity index (χ3v) is 4.46. The summed E-state index contributed by atoms with van der Waals surface area (Å²) in [6.07, 6.45) is 5.30. The SMILES string of the molecule is CCOc1ccnc(N2C[C@@H]3OCC(Nc4cccnc4)CO[C@H]3C2)n1. The van der Waals surface area contributed by atoms with Crippen molar-refractivity contribution in [1.29, 1.82) is 0 Å². The first-order chi connectivity index (χ1) is 12.8. The molecule has 2 aromatic heterocycles. The van der Waals surface area contributed by atoms with Gasteiger partial charge in [-0.25, -0.2) is 4.98 Å². The molecule has 0 saturated carbocycles. The van der Waals surface area contributed by atoms with Crippen LogP contribution in [0.15, 0.2) is 36.8 Å². The van der Waals surface area contributed by atoms with Crippen LogP contribution in [0.3, 0.4) is 0 Å². The first kappa shape index (κ1) is 17.0. The van der Waals surface area contributed by atoms with E-state index in [0.29, 0.717) is 44.7 Å². The lowest BCUT2D eigenvalue weighted by molar-refractivity contribution is -0.00461. The summed E-state index contributed by atoms with van der Waals surface area (Å²) in [5.41, 5.74) is 0.972. The fourth-order valence-corrected chi connectivity index (χ4v) is 3.24. The van der Waals surface area contributed by atoms with Crippen molar-refractivity contribution in [2.45, 2.75) is 25.2 Å². The monoisotopic (exact) mass is 357 g/mol. The molecule has 8 nitrogen and oxygen atoms in total. The second kappa shape index (κ2) is 7.84. The molecule has 2 aliphatic heterocycles. The molecule has 2 aromatic rings. The number of aromatic nitrogens is 3. The molecular weight excluding hydrogens is 334 g/mol. The fourth-order valence-electron chi connectivity index (χ4n) is 3.24. The minimum Gasteiger partial charge on any atom is -0.478 e. The molecule has 4 rings (SSSR count). The van der Waals surface area contributed by atoms with Crippen molar-refractivity contribution >= 4 is 11.6 Å². The average Bonchev–Trinajstić information content (AvgIpc) is 3.00. The highest BCUT2D eigenvalue weighted by atomic mass is 16.6. The molecule has 4 heterocycles. The summed E-state index contributed by atoms with van der Waals surface area (Å²) >= 11 is 0. The van der Waals surface area contributed by atoms with E-state index < -0.39 is 0 Å². The Balaban J connectivity index is 1.36. The Hall–Kier alpha value is -2.45. The molecule has 26 heavy (non-hydrogen) atoms. The molecule has 2 atom stereocenters. The summed E-state index contributed by atoms with van der Waals surface area (Å²) < 4.78 is 17.7. The van der Waals surface area contributed by atoms with Gasteiger partial charge in [0.2, 0.25) is 11.8 Å². The van der Waals surface area contributed by atoms with Gasteiger partial charge in [-0.15, -0.1) is 0 Å². The van der Waals surface area contributed by atoms with E-state index in [1.54, 1.807) is 24.7 Å². The van der Waals surface area contributed by atoms with Crippen LogP contribution in [0.1, 0.15) is 6.92 Å². The third kappa shape index (κ3) is 3.86. The molecule has 0 spiro atoms. The Morgan fingerprint density at radius 2 is 2.00 bits per heavy atom. The lowest BCUT2D eigenvalue weighted by Crippen LogP contribution is -2.31. The van der Waals surface area contributed by atoms with Crippen molar-refractivity contribution in [3.8, 4) is 5.88 Å². The molecule has 2 fully saturated rings. The zero-order chi connectivity index (χ0) is 17.8. The van der Waals surface area contributed by atoms with Crippen LogP contribution in [-0.4, -0.2) is 66.1 Å². The Morgan fingerprint density at radius 1 is 1.19 bits per heavy atom. The van der Waals surface area contributed by atoms with Crippen molar-refractivity contribution in [3.63, 3.8) is 0 Å². The lowest BCUT2D eigenvalue weighted by atomic mass is 10.3. The van der Waals surface area contributed by atoms with E-state index in [9.17, 15) is 0 Å². The number of hydrogen-bond acceptors (Lipinski definition) is 8. The van der Waals surface area contributed by atoms with Gasteiger partial charge in [0.15, 0.2) is 0 Å². The van der Waals surface area contributed by atoms with Crippen molar-refractivity contribution in [3.05, 3.63) is 36.8 Å². The number of fused-ring (bicyclic) bond motifs is 1. The number of hydrogen-bond donors (Lipinski definition) is 1. The average molecular weight is 357 g/mol. The van der Waals surface area contributed by atoms with Gasteiger partial charge in [-0.05, 0) is 19.1 Å². The van der Waals surface area contributed by atoms with Gasteiger partial charge in [0, 0.05) is 37.7 Å². The highest BCUT2D eigenvalue weighted by Crippen LogP contribution is 2.25. The van der Waals surface area contributed by atoms with Crippen LogP contribution in [0, 0.1) is 0 Å². The number of pyridine rings is 1. The van der Waals surface area contributed by atoms with Gasteiger partial charge < -0.3 is 24.4 Å². The normalized spacial score (nSPS) is 23.3. The molecule has 0 unspecified atom stereocenters. The highest BCUT2D eigenvalue weighted by Gasteiger charge is 2.38. The maximum atomic E-state index is 6.10. The van der Waals surface area contributed by atoms with Crippen LogP contribution in [0.25, 0.3) is 0 Å². The summed E-state index contributed by atoms with van der Waals surface area (Å²) in [4.78, 5) is 15.0. The van der Waals surface area contributed by atoms with Crippen LogP contribution in [0.2, 0.25) is 0 Å². The van der Waals surface area contributed by atoms with Gasteiger partial charge >= 0.3 is 0 Å². The molecule has 0 bridgehead atoms. The summed E-state index contributed by atoms with van der Waals surface area (Å²) in [6.45, 7) is 5.11. The van der Waals surface area contributed by atoms with Gasteiger partial charge in [0.05, 0.1) is 31.5 Å². The minimum atomic E-state index is 0.00930. The molecular formula is C18H23N5O3. The van der Waals surface area contributed by atoms with Crippen molar-refractivity contribution in [2.75, 3.05) is 43.1 Å². The fraction of sp³-hybridized carbons (Fsp3) is 0.500. The Kier molecular flexibility index (Phi) is 5.12. The molecule has 2 aliphatic rings. The highest BCUT2D eigenvalue weighted by molar-refractivity contribution is 5.41. The lowest BCUT2D eigenvalue weighted by Gasteiger charge is -2.20. The molecule has 8 heteroatoms. The Labute approximate surface area is 152 Å². The van der Waals surface area contributed by atoms with E-state index in [-0.39, 0.29) is 18.2 Å². The van der Waals surface area contributed by atoms with Gasteiger partial charge in [0.25, 0.3) is 0 Å². The quantitative estimate of drug-likeness (QED) is 0.859. The van der Waals surface area contributed by atoms with Crippen LogP contribution < -0.4 is 15.0 Å². The topological polar surface area (TPSA) is 81.6 Å². The molecule has 0 amide bonds. The van der Waals surface area contributed by atoms with Gasteiger partial charge in [0.1, 0.15) is 12.2 Å². The largest absolute Gasteiger partial charge is 0.478 e. The van der Waals surface area contributed by atoms with Crippen LogP contribution in [-0.2, 0) is 9.47 Å². The van der Waals surface area contributed by atoms with Crippen LogP contribution in [0.4, 0.5) is 11.6 Å². The summed E-state index contributed by atoms with van der Waals surface area (Å²) in [5, 5.41) is 3.41. The summed E-state index contributed by atoms with van der Waals surface area (Å²) in [5.74, 6) is 1.24. The van der Waals surface area contributed by atoms with Gasteiger partial charge in [-0.2, -0.15) is 4.98 Å². The second-order valence-electron chi connectivity index (χ2n) is 6.36. The van der Waals surface area contributed by atoms with Crippen molar-refractivity contribution in [1.82, 2.24) is 15.0 Å². The molecule has 0 aromatic carbocycles. The predicted molar refractivity (Wildman–Crippen MR) is 96.5 cm³/mol. The van der Waals surface area contributed by atoms with E-state index in [1.807, 2.05) is 19.1 Å². The molecule has 138 valence electrons. The molecule has 0 aliphatic carbocycles. The van der Waals surface area contributed by atoms with Gasteiger partial charge in [-0.1, -0.05) is 0 Å². The maximum absolute atomic E-state index is 6.10. The second-order valence-corrected chi connectivity index (χ2v) is 6.36. The first-order valence-electron chi connectivity index (χ1n) is 8.92. The number of anilines is 2. The van der Waals surface area contributed by atoms with E-state index in [0.717, 1.165) is 5.69 Å². The van der Waals surface area contributed by atoms with Crippen LogP contribution in [0.5, 0.6) is 5.88 Å². The van der Waals surface area contributed by atoms with Crippen molar-refractivity contribution in [2.24, 2.45) is 0 Å². The van der Waals surface area contributed by atoms with E-state index in [2.05, 4.69) is 25.2 Å². The standard InChI is InChI=1S/C18H23N5O3/c1-2-24-17-5-7-20-18(22-17)23-9-15-16(10-23)26-12-14(11-25-15)21-13-4-3-6-19-8-13/h3-8,14-16,21H,2,9-12H2,1H3/t15-,16-/m0/s1. The number of rotatable bonds is 5. The van der Waals surface area contributed by atoms with E-state index in [4.69, 9.17) is 14.2 Å². The van der Waals surface area contributed by atoms with E-state index >= 15 is 0 Å².